The Morgan fingerprint density at radius 2 is 2.07 bits per heavy atom. The molecular formula is C19H21N5O4S. The van der Waals surface area contributed by atoms with Gasteiger partial charge in [0.25, 0.3) is 5.56 Å². The first kappa shape index (κ1) is 20.5. The second-order valence-corrected chi connectivity index (χ2v) is 7.18. The van der Waals surface area contributed by atoms with E-state index in [1.165, 1.54) is 23.4 Å². The minimum atomic E-state index is -0.460. The number of hydrogen-bond acceptors (Lipinski definition) is 6. The van der Waals surface area contributed by atoms with Gasteiger partial charge in [-0.1, -0.05) is 23.9 Å². The van der Waals surface area contributed by atoms with E-state index >= 15 is 0 Å². The summed E-state index contributed by atoms with van der Waals surface area (Å²) in [6.45, 7) is 4.04. The molecule has 1 amide bonds. The number of anilines is 1. The second-order valence-electron chi connectivity index (χ2n) is 6.24. The molecule has 3 rings (SSSR count). The van der Waals surface area contributed by atoms with Crippen molar-refractivity contribution in [3.8, 4) is 5.75 Å². The van der Waals surface area contributed by atoms with Gasteiger partial charge in [0, 0.05) is 32.4 Å². The van der Waals surface area contributed by atoms with Gasteiger partial charge in [-0.25, -0.2) is 9.78 Å². The Morgan fingerprint density at radius 3 is 2.76 bits per heavy atom. The average Bonchev–Trinajstić information content (AvgIpc) is 3.08. The number of methoxy groups -OCH3 is 1. The monoisotopic (exact) mass is 415 g/mol. The number of fused-ring (bicyclic) bond motifs is 1. The van der Waals surface area contributed by atoms with Gasteiger partial charge in [0.15, 0.2) is 16.3 Å². The van der Waals surface area contributed by atoms with E-state index in [-0.39, 0.29) is 17.3 Å². The largest absolute Gasteiger partial charge is 0.497 e. The third-order valence-electron chi connectivity index (χ3n) is 4.31. The molecule has 2 aromatic heterocycles. The summed E-state index contributed by atoms with van der Waals surface area (Å²) >= 11 is 1.18. The minimum absolute atomic E-state index is 0.0753. The first-order chi connectivity index (χ1) is 13.9. The highest BCUT2D eigenvalue weighted by Crippen LogP contribution is 2.22. The van der Waals surface area contributed by atoms with Gasteiger partial charge in [-0.15, -0.1) is 6.58 Å². The van der Waals surface area contributed by atoms with E-state index in [0.29, 0.717) is 28.7 Å². The standard InChI is InChI=1S/C19H21N5O4S/c1-5-9-24-15-16(22(2)19(27)23(3)17(15)26)21-18(24)29-11-14(25)20-12-7-6-8-13(10-12)28-4/h5-8,10H,1,9,11H2,2-4H3,(H,20,25). The summed E-state index contributed by atoms with van der Waals surface area (Å²) in [5.74, 6) is 0.480. The number of ether oxygens (including phenoxy) is 1. The number of nitrogens with zero attached hydrogens (tertiary/aromatic N) is 4. The van der Waals surface area contributed by atoms with E-state index in [1.807, 2.05) is 0 Å². The summed E-state index contributed by atoms with van der Waals surface area (Å²) in [5, 5.41) is 3.25. The molecule has 3 aromatic rings. The lowest BCUT2D eigenvalue weighted by atomic mass is 10.3. The SMILES string of the molecule is C=CCn1c(SCC(=O)Nc2cccc(OC)c2)nc2c1c(=O)n(C)c(=O)n2C. The van der Waals surface area contributed by atoms with Crippen LogP contribution in [-0.4, -0.2) is 37.5 Å². The molecule has 0 aliphatic rings. The summed E-state index contributed by atoms with van der Waals surface area (Å²) in [5.41, 5.74) is 0.287. The number of allylic oxidation sites excluding steroid dienone is 1. The van der Waals surface area contributed by atoms with Crippen LogP contribution in [0.15, 0.2) is 51.7 Å². The molecule has 0 bridgehead atoms. The van der Waals surface area contributed by atoms with Gasteiger partial charge < -0.3 is 14.6 Å². The lowest BCUT2D eigenvalue weighted by Gasteiger charge is -2.08. The smallest absolute Gasteiger partial charge is 0.332 e. The van der Waals surface area contributed by atoms with Crippen LogP contribution in [0.2, 0.25) is 0 Å². The zero-order valence-electron chi connectivity index (χ0n) is 16.3. The van der Waals surface area contributed by atoms with Crippen LogP contribution < -0.4 is 21.3 Å². The number of rotatable bonds is 7. The maximum atomic E-state index is 12.6. The Labute approximate surface area is 170 Å². The molecule has 1 aromatic carbocycles. The average molecular weight is 415 g/mol. The molecule has 0 aliphatic heterocycles. The van der Waals surface area contributed by atoms with Gasteiger partial charge in [-0.2, -0.15) is 0 Å². The number of carbonyl (C=O) groups is 1. The van der Waals surface area contributed by atoms with Gasteiger partial charge >= 0.3 is 5.69 Å². The number of aromatic nitrogens is 4. The zero-order chi connectivity index (χ0) is 21.1. The normalized spacial score (nSPS) is 10.9. The van der Waals surface area contributed by atoms with Crippen LogP contribution in [0.4, 0.5) is 5.69 Å². The summed E-state index contributed by atoms with van der Waals surface area (Å²) in [7, 11) is 4.53. The lowest BCUT2D eigenvalue weighted by molar-refractivity contribution is -0.113. The number of hydrogen-bond donors (Lipinski definition) is 1. The van der Waals surface area contributed by atoms with Gasteiger partial charge in [0.1, 0.15) is 5.75 Å². The van der Waals surface area contributed by atoms with Crippen LogP contribution in [0.5, 0.6) is 5.75 Å². The third-order valence-corrected chi connectivity index (χ3v) is 5.29. The third kappa shape index (κ3) is 3.97. The van der Waals surface area contributed by atoms with Crippen molar-refractivity contribution in [2.45, 2.75) is 11.7 Å². The number of benzene rings is 1. The van der Waals surface area contributed by atoms with Crippen LogP contribution in [0.1, 0.15) is 0 Å². The van der Waals surface area contributed by atoms with E-state index in [9.17, 15) is 14.4 Å². The van der Waals surface area contributed by atoms with Crippen molar-refractivity contribution in [3.05, 3.63) is 57.8 Å². The van der Waals surface area contributed by atoms with Crippen molar-refractivity contribution in [2.24, 2.45) is 14.1 Å². The van der Waals surface area contributed by atoms with Crippen molar-refractivity contribution in [1.29, 1.82) is 0 Å². The fourth-order valence-electron chi connectivity index (χ4n) is 2.86. The van der Waals surface area contributed by atoms with Crippen molar-refractivity contribution in [3.63, 3.8) is 0 Å². The Kier molecular flexibility index (Phi) is 5.92. The van der Waals surface area contributed by atoms with Crippen molar-refractivity contribution in [1.82, 2.24) is 18.7 Å². The van der Waals surface area contributed by atoms with E-state index in [1.54, 1.807) is 49.1 Å². The number of thioether (sulfide) groups is 1. The minimum Gasteiger partial charge on any atom is -0.497 e. The molecule has 0 unspecified atom stereocenters. The first-order valence-corrected chi connectivity index (χ1v) is 9.69. The number of aryl methyl sites for hydroxylation is 1. The fraction of sp³-hybridized carbons (Fsp3) is 0.263. The predicted molar refractivity (Wildman–Crippen MR) is 113 cm³/mol. The summed E-state index contributed by atoms with van der Waals surface area (Å²) in [6.07, 6.45) is 1.63. The number of carbonyl (C=O) groups excluding carboxylic acids is 1. The summed E-state index contributed by atoms with van der Waals surface area (Å²) in [4.78, 5) is 41.6. The van der Waals surface area contributed by atoms with Gasteiger partial charge in [0.2, 0.25) is 5.91 Å². The van der Waals surface area contributed by atoms with E-state index in [4.69, 9.17) is 4.74 Å². The molecule has 9 nitrogen and oxygen atoms in total. The van der Waals surface area contributed by atoms with Crippen LogP contribution in [-0.2, 0) is 25.4 Å². The molecule has 2 heterocycles. The highest BCUT2D eigenvalue weighted by molar-refractivity contribution is 7.99. The maximum absolute atomic E-state index is 12.6. The molecule has 1 N–H and O–H groups in total. The Morgan fingerprint density at radius 1 is 1.31 bits per heavy atom. The van der Waals surface area contributed by atoms with Crippen LogP contribution >= 0.6 is 11.8 Å². The first-order valence-electron chi connectivity index (χ1n) is 8.71. The molecule has 0 fully saturated rings. The predicted octanol–water partition coefficient (Wildman–Crippen LogP) is 1.36. The molecule has 0 atom stereocenters. The topological polar surface area (TPSA) is 100 Å². The zero-order valence-corrected chi connectivity index (χ0v) is 17.2. The van der Waals surface area contributed by atoms with Crippen molar-refractivity contribution < 1.29 is 9.53 Å². The second kappa shape index (κ2) is 8.39. The molecule has 0 spiro atoms. The highest BCUT2D eigenvalue weighted by Gasteiger charge is 2.19. The van der Waals surface area contributed by atoms with E-state index in [2.05, 4.69) is 16.9 Å². The van der Waals surface area contributed by atoms with Crippen molar-refractivity contribution >= 4 is 34.5 Å². The molecule has 0 aliphatic carbocycles. The van der Waals surface area contributed by atoms with Crippen LogP contribution in [0.3, 0.4) is 0 Å². The van der Waals surface area contributed by atoms with Gasteiger partial charge in [-0.05, 0) is 12.1 Å². The fourth-order valence-corrected chi connectivity index (χ4v) is 3.67. The number of nitrogens with one attached hydrogen (secondary N) is 1. The molecule has 152 valence electrons. The Balaban J connectivity index is 1.88. The molecular weight excluding hydrogens is 394 g/mol. The molecule has 0 radical (unpaired) electrons. The van der Waals surface area contributed by atoms with Crippen LogP contribution in [0, 0.1) is 0 Å². The van der Waals surface area contributed by atoms with E-state index in [0.717, 1.165) is 4.57 Å². The Hall–Kier alpha value is -3.27. The highest BCUT2D eigenvalue weighted by atomic mass is 32.2. The van der Waals surface area contributed by atoms with Crippen LogP contribution in [0.25, 0.3) is 11.2 Å². The quantitative estimate of drug-likeness (QED) is 0.462. The molecule has 29 heavy (non-hydrogen) atoms. The number of imidazole rings is 1. The summed E-state index contributed by atoms with van der Waals surface area (Å²) in [6, 6.07) is 7.04. The van der Waals surface area contributed by atoms with Crippen molar-refractivity contribution in [2.75, 3.05) is 18.2 Å². The van der Waals surface area contributed by atoms with Gasteiger partial charge in [0.05, 0.1) is 12.9 Å². The summed E-state index contributed by atoms with van der Waals surface area (Å²) < 4.78 is 9.16. The maximum Gasteiger partial charge on any atom is 0.332 e. The molecule has 0 saturated heterocycles. The number of amides is 1. The molecule has 0 saturated carbocycles. The van der Waals surface area contributed by atoms with Gasteiger partial charge in [-0.3, -0.25) is 18.7 Å². The lowest BCUT2D eigenvalue weighted by Crippen LogP contribution is -2.37. The Bertz CT molecular complexity index is 1210. The molecule has 10 heteroatoms. The van der Waals surface area contributed by atoms with E-state index < -0.39 is 11.2 Å².